The van der Waals surface area contributed by atoms with Crippen molar-refractivity contribution in [2.75, 3.05) is 18.6 Å². The standard InChI is InChI=1S/C18H18N4O4/c1-26-15-6-4-14(5-7-15)22-11-13(9-16(22)23)18(25)21-20-17(24)12-3-2-8-19-10-12/h2-8,10,13H,9,11H2,1H3,(H,20,24)(H,21,25). The number of benzene rings is 1. The summed E-state index contributed by atoms with van der Waals surface area (Å²) in [6.07, 6.45) is 3.03. The SMILES string of the molecule is COc1ccc(N2CC(C(=O)NNC(=O)c3cccnc3)CC2=O)cc1. The van der Waals surface area contributed by atoms with Gasteiger partial charge in [-0.05, 0) is 36.4 Å². The topological polar surface area (TPSA) is 101 Å². The summed E-state index contributed by atoms with van der Waals surface area (Å²) in [5.41, 5.74) is 5.73. The lowest BCUT2D eigenvalue weighted by Crippen LogP contribution is -2.45. The van der Waals surface area contributed by atoms with E-state index in [0.717, 1.165) is 0 Å². The van der Waals surface area contributed by atoms with Gasteiger partial charge >= 0.3 is 0 Å². The van der Waals surface area contributed by atoms with E-state index in [2.05, 4.69) is 15.8 Å². The summed E-state index contributed by atoms with van der Waals surface area (Å²) in [5.74, 6) is -0.880. The second-order valence-corrected chi connectivity index (χ2v) is 5.79. The minimum atomic E-state index is -0.543. The number of aromatic nitrogens is 1. The van der Waals surface area contributed by atoms with Crippen molar-refractivity contribution in [2.24, 2.45) is 5.92 Å². The Morgan fingerprint density at radius 2 is 1.96 bits per heavy atom. The predicted molar refractivity (Wildman–Crippen MR) is 93.3 cm³/mol. The lowest BCUT2D eigenvalue weighted by Gasteiger charge is -2.17. The van der Waals surface area contributed by atoms with Crippen molar-refractivity contribution in [3.05, 3.63) is 54.4 Å². The Morgan fingerprint density at radius 3 is 2.62 bits per heavy atom. The molecule has 2 heterocycles. The number of nitrogens with one attached hydrogen (secondary N) is 2. The third-order valence-corrected chi connectivity index (χ3v) is 4.10. The smallest absolute Gasteiger partial charge is 0.271 e. The van der Waals surface area contributed by atoms with Crippen LogP contribution in [0.15, 0.2) is 48.8 Å². The number of ether oxygens (including phenoxy) is 1. The van der Waals surface area contributed by atoms with Crippen LogP contribution in [0.1, 0.15) is 16.8 Å². The molecule has 8 heteroatoms. The molecule has 0 radical (unpaired) electrons. The summed E-state index contributed by atoms with van der Waals surface area (Å²) in [7, 11) is 1.57. The lowest BCUT2D eigenvalue weighted by molar-refractivity contribution is -0.126. The zero-order valence-corrected chi connectivity index (χ0v) is 14.1. The predicted octanol–water partition coefficient (Wildman–Crippen LogP) is 0.904. The molecule has 1 fully saturated rings. The van der Waals surface area contributed by atoms with E-state index in [1.807, 2.05) is 0 Å². The fourth-order valence-corrected chi connectivity index (χ4v) is 2.68. The van der Waals surface area contributed by atoms with Crippen molar-refractivity contribution in [3.63, 3.8) is 0 Å². The fourth-order valence-electron chi connectivity index (χ4n) is 2.68. The van der Waals surface area contributed by atoms with Gasteiger partial charge in [0.2, 0.25) is 11.8 Å². The molecule has 1 aromatic carbocycles. The first-order valence-corrected chi connectivity index (χ1v) is 8.03. The molecule has 26 heavy (non-hydrogen) atoms. The molecule has 1 atom stereocenters. The number of hydrogen-bond donors (Lipinski definition) is 2. The molecular formula is C18H18N4O4. The Labute approximate surface area is 150 Å². The van der Waals surface area contributed by atoms with Gasteiger partial charge in [0.05, 0.1) is 18.6 Å². The van der Waals surface area contributed by atoms with Crippen LogP contribution < -0.4 is 20.5 Å². The Bertz CT molecular complexity index is 808. The largest absolute Gasteiger partial charge is 0.497 e. The first kappa shape index (κ1) is 17.4. The van der Waals surface area contributed by atoms with Crippen LogP contribution >= 0.6 is 0 Å². The third kappa shape index (κ3) is 3.80. The zero-order valence-electron chi connectivity index (χ0n) is 14.1. The number of anilines is 1. The summed E-state index contributed by atoms with van der Waals surface area (Å²) in [5, 5.41) is 0. The van der Waals surface area contributed by atoms with E-state index >= 15 is 0 Å². The van der Waals surface area contributed by atoms with E-state index in [9.17, 15) is 14.4 Å². The van der Waals surface area contributed by atoms with Crippen molar-refractivity contribution in [1.82, 2.24) is 15.8 Å². The average Bonchev–Trinajstić information content (AvgIpc) is 3.08. The second kappa shape index (κ2) is 7.64. The lowest BCUT2D eigenvalue weighted by atomic mass is 10.1. The number of pyridine rings is 1. The van der Waals surface area contributed by atoms with Gasteiger partial charge in [-0.3, -0.25) is 30.2 Å². The molecule has 134 valence electrons. The molecule has 3 amide bonds. The molecule has 1 aromatic heterocycles. The second-order valence-electron chi connectivity index (χ2n) is 5.79. The number of hydrogen-bond acceptors (Lipinski definition) is 5. The molecule has 1 unspecified atom stereocenters. The molecule has 0 aliphatic carbocycles. The number of hydrazine groups is 1. The van der Waals surface area contributed by atoms with E-state index in [0.29, 0.717) is 17.0 Å². The van der Waals surface area contributed by atoms with Crippen molar-refractivity contribution >= 4 is 23.4 Å². The van der Waals surface area contributed by atoms with Gasteiger partial charge in [-0.15, -0.1) is 0 Å². The monoisotopic (exact) mass is 354 g/mol. The van der Waals surface area contributed by atoms with Crippen LogP contribution in [0.5, 0.6) is 5.75 Å². The number of nitrogens with zero attached hydrogens (tertiary/aromatic N) is 2. The maximum absolute atomic E-state index is 12.3. The van der Waals surface area contributed by atoms with Crippen molar-refractivity contribution in [3.8, 4) is 5.75 Å². The maximum Gasteiger partial charge on any atom is 0.271 e. The van der Waals surface area contributed by atoms with Crippen LogP contribution in [0, 0.1) is 5.92 Å². The van der Waals surface area contributed by atoms with Gasteiger partial charge in [0, 0.05) is 31.0 Å². The van der Waals surface area contributed by atoms with Gasteiger partial charge < -0.3 is 9.64 Å². The number of rotatable bonds is 4. The van der Waals surface area contributed by atoms with Gasteiger partial charge in [-0.1, -0.05) is 0 Å². The highest BCUT2D eigenvalue weighted by Gasteiger charge is 2.35. The molecule has 1 saturated heterocycles. The normalized spacial score (nSPS) is 16.3. The first-order chi connectivity index (χ1) is 12.6. The summed E-state index contributed by atoms with van der Waals surface area (Å²) in [6.45, 7) is 0.250. The highest BCUT2D eigenvalue weighted by atomic mass is 16.5. The molecule has 8 nitrogen and oxygen atoms in total. The van der Waals surface area contributed by atoms with E-state index in [1.54, 1.807) is 54.6 Å². The molecule has 3 rings (SSSR count). The highest BCUT2D eigenvalue weighted by Crippen LogP contribution is 2.26. The van der Waals surface area contributed by atoms with Gasteiger partial charge in [-0.2, -0.15) is 0 Å². The Hall–Kier alpha value is -3.42. The minimum absolute atomic E-state index is 0.0840. The number of amides is 3. The van der Waals surface area contributed by atoms with E-state index in [-0.39, 0.29) is 18.9 Å². The van der Waals surface area contributed by atoms with Crippen LogP contribution in [0.25, 0.3) is 0 Å². The summed E-state index contributed by atoms with van der Waals surface area (Å²) >= 11 is 0. The van der Waals surface area contributed by atoms with Crippen molar-refractivity contribution < 1.29 is 19.1 Å². The van der Waals surface area contributed by atoms with Crippen LogP contribution in [-0.4, -0.2) is 36.4 Å². The maximum atomic E-state index is 12.3. The van der Waals surface area contributed by atoms with E-state index in [4.69, 9.17) is 4.74 Å². The number of carbonyl (C=O) groups excluding carboxylic acids is 3. The zero-order chi connectivity index (χ0) is 18.5. The van der Waals surface area contributed by atoms with Crippen LogP contribution in [0.3, 0.4) is 0 Å². The minimum Gasteiger partial charge on any atom is -0.497 e. The first-order valence-electron chi connectivity index (χ1n) is 8.03. The van der Waals surface area contributed by atoms with Gasteiger partial charge in [0.15, 0.2) is 0 Å². The molecule has 0 bridgehead atoms. The molecule has 2 aromatic rings. The molecule has 1 aliphatic rings. The average molecular weight is 354 g/mol. The molecule has 0 spiro atoms. The van der Waals surface area contributed by atoms with Crippen LogP contribution in [-0.2, 0) is 9.59 Å². The molecule has 2 N–H and O–H groups in total. The van der Waals surface area contributed by atoms with E-state index in [1.165, 1.54) is 6.20 Å². The Morgan fingerprint density at radius 1 is 1.19 bits per heavy atom. The molecule has 1 aliphatic heterocycles. The fraction of sp³-hybridized carbons (Fsp3) is 0.222. The number of methoxy groups -OCH3 is 1. The van der Waals surface area contributed by atoms with Crippen molar-refractivity contribution in [2.45, 2.75) is 6.42 Å². The highest BCUT2D eigenvalue weighted by molar-refractivity contribution is 6.01. The quantitative estimate of drug-likeness (QED) is 0.795. The van der Waals surface area contributed by atoms with Crippen LogP contribution in [0.4, 0.5) is 5.69 Å². The van der Waals surface area contributed by atoms with E-state index < -0.39 is 17.7 Å². The third-order valence-electron chi connectivity index (χ3n) is 4.10. The summed E-state index contributed by atoms with van der Waals surface area (Å²) < 4.78 is 5.10. The van der Waals surface area contributed by atoms with Crippen molar-refractivity contribution in [1.29, 1.82) is 0 Å². The van der Waals surface area contributed by atoms with Gasteiger partial charge in [0.25, 0.3) is 5.91 Å². The summed E-state index contributed by atoms with van der Waals surface area (Å²) in [6, 6.07) is 10.2. The van der Waals surface area contributed by atoms with Crippen LogP contribution in [0.2, 0.25) is 0 Å². The molecular weight excluding hydrogens is 336 g/mol. The van der Waals surface area contributed by atoms with Gasteiger partial charge in [0.1, 0.15) is 5.75 Å². The number of carbonyl (C=O) groups is 3. The Balaban J connectivity index is 1.57. The Kier molecular flexibility index (Phi) is 5.12. The van der Waals surface area contributed by atoms with Gasteiger partial charge in [-0.25, -0.2) is 0 Å². The summed E-state index contributed by atoms with van der Waals surface area (Å²) in [4.78, 5) is 41.8. The molecule has 0 saturated carbocycles.